The maximum Gasteiger partial charge on any atom is 0.234 e. The number of nitrogens with zero attached hydrogens (tertiary/aromatic N) is 2. The van der Waals surface area contributed by atoms with Gasteiger partial charge in [-0.15, -0.1) is 10.2 Å². The van der Waals surface area contributed by atoms with Gasteiger partial charge in [-0.2, -0.15) is 0 Å². The molecule has 3 unspecified atom stereocenters. The predicted octanol–water partition coefficient (Wildman–Crippen LogP) is 1.96. The van der Waals surface area contributed by atoms with Crippen LogP contribution < -0.4 is 9.47 Å². The lowest BCUT2D eigenvalue weighted by Gasteiger charge is -2.48. The lowest BCUT2D eigenvalue weighted by molar-refractivity contribution is -0.175. The van der Waals surface area contributed by atoms with Crippen molar-refractivity contribution in [3.63, 3.8) is 0 Å². The second-order valence-electron chi connectivity index (χ2n) is 6.64. The minimum absolute atomic E-state index is 0.148. The molecule has 7 nitrogen and oxygen atoms in total. The highest BCUT2D eigenvalue weighted by molar-refractivity contribution is 7.90. The van der Waals surface area contributed by atoms with Gasteiger partial charge in [0.25, 0.3) is 0 Å². The molecule has 3 rings (SSSR count). The van der Waals surface area contributed by atoms with Crippen LogP contribution in [0, 0.1) is 0 Å². The Bertz CT molecular complexity index is 777. The average molecular weight is 364 g/mol. The van der Waals surface area contributed by atoms with E-state index < -0.39 is 28.5 Å². The fourth-order valence-electron chi connectivity index (χ4n) is 2.67. The number of hydrogen-bond donors (Lipinski definition) is 2. The van der Waals surface area contributed by atoms with E-state index in [0.717, 1.165) is 0 Å². The van der Waals surface area contributed by atoms with Crippen LogP contribution in [0.4, 0.5) is 0 Å². The van der Waals surface area contributed by atoms with Crippen LogP contribution in [-0.2, 0) is 11.2 Å². The molecule has 134 valence electrons. The summed E-state index contributed by atoms with van der Waals surface area (Å²) in [6.45, 7) is 5.14. The molecule has 1 aromatic heterocycles. The Morgan fingerprint density at radius 2 is 1.92 bits per heavy atom. The summed E-state index contributed by atoms with van der Waals surface area (Å²) in [4.78, 5) is 0.600. The lowest BCUT2D eigenvalue weighted by Crippen LogP contribution is -2.59. The minimum Gasteiger partial charge on any atom is -0.612 e. The van der Waals surface area contributed by atoms with Crippen molar-refractivity contribution in [2.24, 2.45) is 0 Å². The van der Waals surface area contributed by atoms with E-state index in [0.29, 0.717) is 16.2 Å². The van der Waals surface area contributed by atoms with Gasteiger partial charge in [-0.3, -0.25) is 0 Å². The molecule has 0 saturated heterocycles. The number of aromatic hydroxyl groups is 1. The fourth-order valence-corrected chi connectivity index (χ4v) is 3.23. The van der Waals surface area contributed by atoms with E-state index >= 15 is 0 Å². The van der Waals surface area contributed by atoms with Gasteiger partial charge in [-0.1, -0.05) is 0 Å². The minimum atomic E-state index is -1.41. The number of rotatable bonds is 3. The Morgan fingerprint density at radius 1 is 1.20 bits per heavy atom. The summed E-state index contributed by atoms with van der Waals surface area (Å²) in [6, 6.07) is 7.96. The Morgan fingerprint density at radius 3 is 2.52 bits per heavy atom. The van der Waals surface area contributed by atoms with Crippen molar-refractivity contribution in [2.45, 2.75) is 43.0 Å². The van der Waals surface area contributed by atoms with Crippen molar-refractivity contribution < 1.29 is 24.2 Å². The fraction of sp³-hybridized carbons (Fsp3) is 0.412. The van der Waals surface area contributed by atoms with Crippen LogP contribution in [0.15, 0.2) is 35.2 Å². The van der Waals surface area contributed by atoms with Crippen LogP contribution in [0.3, 0.4) is 0 Å². The van der Waals surface area contributed by atoms with Gasteiger partial charge in [-0.05, 0) is 44.1 Å². The smallest absolute Gasteiger partial charge is 0.234 e. The molecular formula is C17H20N2O5S. The van der Waals surface area contributed by atoms with E-state index in [4.69, 9.17) is 9.47 Å². The van der Waals surface area contributed by atoms with Gasteiger partial charge in [0.15, 0.2) is 11.0 Å². The highest BCUT2D eigenvalue weighted by Crippen LogP contribution is 2.48. The SMILES string of the molecule is C[S+]([O-])c1ccc2c(c1)C(Oc1ccc(O)nn1)C(C)(O)C(C)(C)O2. The first kappa shape index (κ1) is 17.8. The second-order valence-corrected chi connectivity index (χ2v) is 8.02. The molecule has 0 radical (unpaired) electrons. The van der Waals surface area contributed by atoms with Crippen molar-refractivity contribution in [3.05, 3.63) is 35.9 Å². The molecule has 1 aromatic carbocycles. The number of fused-ring (bicyclic) bond motifs is 1. The summed E-state index contributed by atoms with van der Waals surface area (Å²) in [5.41, 5.74) is -1.78. The van der Waals surface area contributed by atoms with Crippen molar-refractivity contribution in [2.75, 3.05) is 6.26 Å². The Labute approximate surface area is 148 Å². The highest BCUT2D eigenvalue weighted by Gasteiger charge is 2.54. The Kier molecular flexibility index (Phi) is 4.30. The molecule has 0 bridgehead atoms. The average Bonchev–Trinajstić information content (AvgIpc) is 2.53. The van der Waals surface area contributed by atoms with Gasteiger partial charge in [0.05, 0.1) is 0 Å². The topological polar surface area (TPSA) is 108 Å². The Balaban J connectivity index is 2.09. The molecule has 3 atom stereocenters. The van der Waals surface area contributed by atoms with Gasteiger partial charge in [0, 0.05) is 23.8 Å². The molecule has 25 heavy (non-hydrogen) atoms. The zero-order valence-electron chi connectivity index (χ0n) is 14.4. The third-order valence-corrected chi connectivity index (χ3v) is 5.47. The largest absolute Gasteiger partial charge is 0.612 e. The van der Waals surface area contributed by atoms with Crippen molar-refractivity contribution in [1.29, 1.82) is 0 Å². The molecule has 0 fully saturated rings. The first-order valence-corrected chi connectivity index (χ1v) is 9.26. The van der Waals surface area contributed by atoms with Gasteiger partial charge in [0.2, 0.25) is 11.8 Å². The third-order valence-electron chi connectivity index (χ3n) is 4.55. The summed E-state index contributed by atoms with van der Waals surface area (Å²) in [5.74, 6) is 0.465. The van der Waals surface area contributed by atoms with E-state index in [1.165, 1.54) is 12.1 Å². The van der Waals surface area contributed by atoms with Gasteiger partial charge in [-0.25, -0.2) is 0 Å². The van der Waals surface area contributed by atoms with E-state index in [9.17, 15) is 14.8 Å². The monoisotopic (exact) mass is 364 g/mol. The zero-order valence-corrected chi connectivity index (χ0v) is 15.2. The molecule has 2 heterocycles. The van der Waals surface area contributed by atoms with Gasteiger partial charge >= 0.3 is 0 Å². The molecule has 0 saturated carbocycles. The Hall–Kier alpha value is -2.03. The summed E-state index contributed by atoms with van der Waals surface area (Å²) in [5, 5.41) is 27.7. The lowest BCUT2D eigenvalue weighted by atomic mass is 9.77. The van der Waals surface area contributed by atoms with E-state index in [-0.39, 0.29) is 11.8 Å². The molecule has 0 spiro atoms. The van der Waals surface area contributed by atoms with Crippen LogP contribution in [0.25, 0.3) is 0 Å². The number of aliphatic hydroxyl groups is 1. The van der Waals surface area contributed by atoms with Gasteiger partial charge < -0.3 is 24.2 Å². The van der Waals surface area contributed by atoms with Crippen LogP contribution >= 0.6 is 0 Å². The van der Waals surface area contributed by atoms with Crippen molar-refractivity contribution in [3.8, 4) is 17.5 Å². The molecule has 2 aromatic rings. The highest BCUT2D eigenvalue weighted by atomic mass is 32.2. The summed E-state index contributed by atoms with van der Waals surface area (Å²) < 4.78 is 23.7. The van der Waals surface area contributed by atoms with E-state index in [1.807, 2.05) is 0 Å². The quantitative estimate of drug-likeness (QED) is 0.802. The molecule has 1 aliphatic heterocycles. The van der Waals surface area contributed by atoms with E-state index in [1.54, 1.807) is 45.2 Å². The van der Waals surface area contributed by atoms with E-state index in [2.05, 4.69) is 10.2 Å². The maximum absolute atomic E-state index is 11.8. The molecule has 1 aliphatic rings. The molecule has 2 N–H and O–H groups in total. The van der Waals surface area contributed by atoms with Gasteiger partial charge in [0.1, 0.15) is 23.2 Å². The first-order chi connectivity index (χ1) is 11.6. The van der Waals surface area contributed by atoms with Crippen LogP contribution in [0.5, 0.6) is 17.5 Å². The van der Waals surface area contributed by atoms with Crippen molar-refractivity contribution >= 4 is 11.2 Å². The summed E-state index contributed by atoms with van der Waals surface area (Å²) >= 11 is -1.19. The molecule has 0 amide bonds. The van der Waals surface area contributed by atoms with Crippen LogP contribution in [0.2, 0.25) is 0 Å². The molecule has 0 aliphatic carbocycles. The number of hydrogen-bond acceptors (Lipinski definition) is 7. The predicted molar refractivity (Wildman–Crippen MR) is 91.2 cm³/mol. The van der Waals surface area contributed by atoms with Crippen LogP contribution in [-0.4, -0.2) is 42.4 Å². The zero-order chi connectivity index (χ0) is 18.4. The van der Waals surface area contributed by atoms with Crippen LogP contribution in [0.1, 0.15) is 32.4 Å². The van der Waals surface area contributed by atoms with Crippen molar-refractivity contribution in [1.82, 2.24) is 10.2 Å². The molecule has 8 heteroatoms. The number of benzene rings is 1. The summed E-state index contributed by atoms with van der Waals surface area (Å²) in [7, 11) is 0. The maximum atomic E-state index is 11.8. The molecular weight excluding hydrogens is 344 g/mol. The standard InChI is InChI=1S/C17H20N2O5S/c1-16(2)17(3,21)15(23-14-8-7-13(20)18-19-14)11-9-10(25(4)22)5-6-12(11)24-16/h5-9,15,21H,1-4H3,(H,18,20). The normalized spacial score (nSPS) is 25.6. The number of aromatic nitrogens is 2. The first-order valence-electron chi connectivity index (χ1n) is 7.70. The third kappa shape index (κ3) is 3.12. The number of ether oxygens (including phenoxy) is 2. The summed E-state index contributed by atoms with van der Waals surface area (Å²) in [6.07, 6.45) is 0.753. The second kappa shape index (κ2) is 6.05.